The average molecular weight is 720 g/mol. The van der Waals surface area contributed by atoms with Crippen molar-refractivity contribution in [3.8, 4) is 16.9 Å². The third-order valence-corrected chi connectivity index (χ3v) is 11.1. The Morgan fingerprint density at radius 2 is 1.68 bits per heavy atom. The number of carbonyl (C=O) groups excluding carboxylic acids is 1. The summed E-state index contributed by atoms with van der Waals surface area (Å²) in [4.78, 5) is 35.7. The summed E-state index contributed by atoms with van der Waals surface area (Å²) in [6, 6.07) is 15.6. The normalized spacial score (nSPS) is 20.1. The molecule has 2 aromatic carbocycles. The van der Waals surface area contributed by atoms with Crippen LogP contribution in [0.1, 0.15) is 55.2 Å². The van der Waals surface area contributed by atoms with Crippen LogP contribution in [0.2, 0.25) is 0 Å². The zero-order valence-corrected chi connectivity index (χ0v) is 30.9. The maximum Gasteiger partial charge on any atom is 0.247 e. The zero-order chi connectivity index (χ0) is 36.5. The Kier molecular flexibility index (Phi) is 10.0. The molecular formula is C40H49N9O4. The predicted molar refractivity (Wildman–Crippen MR) is 206 cm³/mol. The van der Waals surface area contributed by atoms with E-state index in [-0.39, 0.29) is 11.9 Å². The van der Waals surface area contributed by atoms with Gasteiger partial charge in [-0.05, 0) is 68.9 Å². The molecule has 3 saturated heterocycles. The molecule has 13 heteroatoms. The second kappa shape index (κ2) is 15.2. The quantitative estimate of drug-likeness (QED) is 0.170. The standard InChI is InChI=1S/C40H49N9O4/c1-5-39(50)44-32-22-33(36(51-4)23-35(32)48-14-11-31(12-15-48)47-18-16-46(17-19-47)30-9-10-30)43-37-24-38(42-25-41-37)49-34(13-20-52-49)28-7-6-8-29(21-28)40-26(2)45-53-27(40)3/h5-8,21-25,30-31,34H,1,9-20H2,2-4H3,(H,44,50)(H,41,42,43). The predicted octanol–water partition coefficient (Wildman–Crippen LogP) is 6.26. The molecule has 2 aromatic heterocycles. The molecule has 13 nitrogen and oxygen atoms in total. The highest BCUT2D eigenvalue weighted by Gasteiger charge is 2.34. The molecule has 53 heavy (non-hydrogen) atoms. The third-order valence-electron chi connectivity index (χ3n) is 11.1. The van der Waals surface area contributed by atoms with Gasteiger partial charge in [-0.1, -0.05) is 29.9 Å². The molecule has 0 spiro atoms. The number of hydroxylamine groups is 1. The van der Waals surface area contributed by atoms with Crippen LogP contribution < -0.4 is 25.3 Å². The van der Waals surface area contributed by atoms with E-state index in [0.29, 0.717) is 41.4 Å². The van der Waals surface area contributed by atoms with Crippen molar-refractivity contribution in [2.24, 2.45) is 0 Å². The summed E-state index contributed by atoms with van der Waals surface area (Å²) >= 11 is 0. The first kappa shape index (κ1) is 35.1. The number of piperidine rings is 1. The third kappa shape index (κ3) is 7.46. The molecule has 4 fully saturated rings. The number of aryl methyl sites for hydroxylation is 2. The second-order valence-electron chi connectivity index (χ2n) is 14.5. The molecule has 0 bridgehead atoms. The van der Waals surface area contributed by atoms with Gasteiger partial charge in [0.05, 0.1) is 42.5 Å². The molecule has 1 amide bonds. The molecule has 4 aromatic rings. The largest absolute Gasteiger partial charge is 0.494 e. The van der Waals surface area contributed by atoms with Gasteiger partial charge in [0.1, 0.15) is 23.7 Å². The Hall–Kier alpha value is -4.98. The summed E-state index contributed by atoms with van der Waals surface area (Å²) in [5.74, 6) is 2.34. The first-order valence-electron chi connectivity index (χ1n) is 18.8. The van der Waals surface area contributed by atoms with Gasteiger partial charge >= 0.3 is 0 Å². The number of aromatic nitrogens is 3. The lowest BCUT2D eigenvalue weighted by molar-refractivity contribution is -0.111. The average Bonchev–Trinajstić information content (AvgIpc) is 3.82. The number of ether oxygens (including phenoxy) is 1. The molecule has 1 unspecified atom stereocenters. The number of amides is 1. The molecule has 1 saturated carbocycles. The SMILES string of the molecule is C=CC(=O)Nc1cc(Nc2cc(N3OCCC3c3cccc(-c4c(C)noc4C)c3)ncn2)c(OC)cc1N1CCC(N2CCN(C3CC3)CC2)CC1. The fourth-order valence-corrected chi connectivity index (χ4v) is 8.23. The summed E-state index contributed by atoms with van der Waals surface area (Å²) in [5.41, 5.74) is 6.30. The molecule has 4 aliphatic rings. The van der Waals surface area contributed by atoms with E-state index in [1.54, 1.807) is 7.11 Å². The summed E-state index contributed by atoms with van der Waals surface area (Å²) in [6.07, 6.45) is 8.51. The number of anilines is 5. The Balaban J connectivity index is 0.997. The summed E-state index contributed by atoms with van der Waals surface area (Å²) in [6.45, 7) is 14.6. The molecule has 278 valence electrons. The van der Waals surface area contributed by atoms with Gasteiger partial charge in [0.15, 0.2) is 5.82 Å². The molecule has 1 aliphatic carbocycles. The molecule has 2 N–H and O–H groups in total. The van der Waals surface area contributed by atoms with Gasteiger partial charge in [0, 0.05) is 75.5 Å². The fourth-order valence-electron chi connectivity index (χ4n) is 8.23. The molecule has 0 radical (unpaired) electrons. The smallest absolute Gasteiger partial charge is 0.247 e. The number of rotatable bonds is 11. The first-order chi connectivity index (χ1) is 25.9. The molecule has 8 rings (SSSR count). The van der Waals surface area contributed by atoms with Crippen LogP contribution >= 0.6 is 0 Å². The minimum absolute atomic E-state index is 0.0517. The van der Waals surface area contributed by atoms with Gasteiger partial charge in [-0.3, -0.25) is 19.4 Å². The van der Waals surface area contributed by atoms with E-state index in [9.17, 15) is 4.79 Å². The molecule has 1 atom stereocenters. The number of hydrogen-bond acceptors (Lipinski definition) is 12. The summed E-state index contributed by atoms with van der Waals surface area (Å²) < 4.78 is 11.4. The molecule has 5 heterocycles. The van der Waals surface area contributed by atoms with E-state index < -0.39 is 0 Å². The Morgan fingerprint density at radius 1 is 0.925 bits per heavy atom. The minimum Gasteiger partial charge on any atom is -0.494 e. The maximum absolute atomic E-state index is 12.7. The van der Waals surface area contributed by atoms with Gasteiger partial charge in [-0.2, -0.15) is 0 Å². The highest BCUT2D eigenvalue weighted by atomic mass is 16.7. The Labute approximate surface area is 310 Å². The van der Waals surface area contributed by atoms with Gasteiger partial charge in [0.2, 0.25) is 5.91 Å². The van der Waals surface area contributed by atoms with Crippen LogP contribution in [-0.4, -0.2) is 95.9 Å². The highest BCUT2D eigenvalue weighted by molar-refractivity contribution is 6.02. The van der Waals surface area contributed by atoms with Crippen molar-refractivity contribution in [2.45, 2.75) is 64.1 Å². The van der Waals surface area contributed by atoms with Crippen LogP contribution in [0, 0.1) is 13.8 Å². The van der Waals surface area contributed by atoms with Crippen molar-refractivity contribution in [2.75, 3.05) is 73.6 Å². The maximum atomic E-state index is 12.7. The topological polar surface area (TPSA) is 124 Å². The lowest BCUT2D eigenvalue weighted by atomic mass is 9.97. The van der Waals surface area contributed by atoms with Crippen molar-refractivity contribution in [1.82, 2.24) is 24.9 Å². The van der Waals surface area contributed by atoms with Crippen LogP contribution in [0.5, 0.6) is 5.75 Å². The first-order valence-corrected chi connectivity index (χ1v) is 18.8. The number of nitrogens with one attached hydrogen (secondary N) is 2. The van der Waals surface area contributed by atoms with Crippen molar-refractivity contribution >= 4 is 34.6 Å². The van der Waals surface area contributed by atoms with Gasteiger partial charge in [0.25, 0.3) is 0 Å². The van der Waals surface area contributed by atoms with Gasteiger partial charge in [-0.25, -0.2) is 15.0 Å². The van der Waals surface area contributed by atoms with Crippen molar-refractivity contribution in [1.29, 1.82) is 0 Å². The van der Waals surface area contributed by atoms with E-state index in [2.05, 4.69) is 71.3 Å². The second-order valence-corrected chi connectivity index (χ2v) is 14.5. The van der Waals surface area contributed by atoms with E-state index in [4.69, 9.17) is 14.1 Å². The number of hydrogen-bond donors (Lipinski definition) is 2. The minimum atomic E-state index is -0.272. The molecular weight excluding hydrogens is 670 g/mol. The Bertz CT molecular complexity index is 1930. The van der Waals surface area contributed by atoms with Crippen LogP contribution in [-0.2, 0) is 9.63 Å². The Morgan fingerprint density at radius 3 is 2.36 bits per heavy atom. The number of nitrogens with zero attached hydrogens (tertiary/aromatic N) is 7. The van der Waals surface area contributed by atoms with Crippen LogP contribution in [0.3, 0.4) is 0 Å². The summed E-state index contributed by atoms with van der Waals surface area (Å²) in [5, 5.41) is 12.5. The van der Waals surface area contributed by atoms with Crippen LogP contribution in [0.4, 0.5) is 28.7 Å². The number of piperazine rings is 1. The van der Waals surface area contributed by atoms with E-state index in [1.807, 2.05) is 37.1 Å². The van der Waals surface area contributed by atoms with E-state index >= 15 is 0 Å². The van der Waals surface area contributed by atoms with Crippen LogP contribution in [0.25, 0.3) is 11.1 Å². The zero-order valence-electron chi connectivity index (χ0n) is 30.9. The van der Waals surface area contributed by atoms with Crippen molar-refractivity contribution in [3.63, 3.8) is 0 Å². The summed E-state index contributed by atoms with van der Waals surface area (Å²) in [7, 11) is 1.66. The number of methoxy groups -OCH3 is 1. The van der Waals surface area contributed by atoms with E-state index in [1.165, 1.54) is 38.3 Å². The number of carbonyl (C=O) groups is 1. The van der Waals surface area contributed by atoms with Crippen molar-refractivity contribution in [3.05, 3.63) is 78.5 Å². The lowest BCUT2D eigenvalue weighted by Gasteiger charge is -2.43. The lowest BCUT2D eigenvalue weighted by Crippen LogP contribution is -2.53. The molecule has 3 aliphatic heterocycles. The fraction of sp³-hybridized carbons (Fsp3) is 0.450. The van der Waals surface area contributed by atoms with E-state index in [0.717, 1.165) is 85.3 Å². The monoisotopic (exact) mass is 719 g/mol. The van der Waals surface area contributed by atoms with Crippen molar-refractivity contribution < 1.29 is 18.9 Å². The number of benzene rings is 2. The highest BCUT2D eigenvalue weighted by Crippen LogP contribution is 2.41. The van der Waals surface area contributed by atoms with Gasteiger partial charge < -0.3 is 24.8 Å². The van der Waals surface area contributed by atoms with Crippen LogP contribution in [0.15, 0.2) is 66.0 Å². The van der Waals surface area contributed by atoms with Gasteiger partial charge in [-0.15, -0.1) is 0 Å².